The average Bonchev–Trinajstić information content (AvgIpc) is 3.07. The lowest BCUT2D eigenvalue weighted by atomic mass is 10.1. The fraction of sp³-hybridized carbons (Fsp3) is 0.231. The number of hydrogen-bond acceptors (Lipinski definition) is 5. The lowest BCUT2D eigenvalue weighted by molar-refractivity contribution is 0.103. The van der Waals surface area contributed by atoms with Crippen LogP contribution in [0.5, 0.6) is 11.5 Å². The van der Waals surface area contributed by atoms with Crippen molar-refractivity contribution in [1.82, 2.24) is 0 Å². The zero-order valence-electron chi connectivity index (χ0n) is 25.9. The molecule has 0 spiro atoms. The highest BCUT2D eigenvalue weighted by Crippen LogP contribution is 2.25. The summed E-state index contributed by atoms with van der Waals surface area (Å²) in [4.78, 5) is 27.3. The first-order valence-corrected chi connectivity index (χ1v) is 15.3. The molecule has 0 saturated heterocycles. The van der Waals surface area contributed by atoms with Crippen LogP contribution in [0.25, 0.3) is 12.2 Å². The van der Waals surface area contributed by atoms with Crippen molar-refractivity contribution in [1.29, 1.82) is 0 Å². The molecular weight excluding hydrogens is 546 g/mol. The largest absolute Gasteiger partial charge is 0.494 e. The number of ether oxygens (including phenoxy) is 2. The Balaban J connectivity index is 1.29. The number of carbonyl (C=O) groups excluding carboxylic acids is 2. The van der Waals surface area contributed by atoms with Crippen LogP contribution in [-0.2, 0) is 0 Å². The Kier molecular flexibility index (Phi) is 12.1. The molecule has 44 heavy (non-hydrogen) atoms. The molecule has 0 N–H and O–H groups in total. The quantitative estimate of drug-likeness (QED) is 0.0742. The summed E-state index contributed by atoms with van der Waals surface area (Å²) in [5.41, 5.74) is 5.19. The van der Waals surface area contributed by atoms with Crippen LogP contribution >= 0.6 is 0 Å². The van der Waals surface area contributed by atoms with E-state index in [2.05, 4.69) is 18.7 Å². The molecule has 0 aliphatic carbocycles. The highest BCUT2D eigenvalue weighted by atomic mass is 16.5. The van der Waals surface area contributed by atoms with Gasteiger partial charge in [-0.25, -0.2) is 0 Å². The number of nitrogens with zero attached hydrogens (tertiary/aromatic N) is 1. The van der Waals surface area contributed by atoms with Crippen LogP contribution in [0, 0.1) is 0 Å². The topological polar surface area (TPSA) is 55.8 Å². The van der Waals surface area contributed by atoms with Gasteiger partial charge in [0.15, 0.2) is 11.6 Å². The van der Waals surface area contributed by atoms with Crippen molar-refractivity contribution in [3.8, 4) is 11.5 Å². The molecule has 226 valence electrons. The number of unbranched alkanes of at least 4 members (excludes halogenated alkanes) is 2. The highest BCUT2D eigenvalue weighted by molar-refractivity contribution is 6.07. The third-order valence-electron chi connectivity index (χ3n) is 7.23. The third kappa shape index (κ3) is 9.56. The van der Waals surface area contributed by atoms with Crippen molar-refractivity contribution in [3.05, 3.63) is 131 Å². The van der Waals surface area contributed by atoms with E-state index in [1.165, 1.54) is 0 Å². The molecule has 4 aromatic carbocycles. The van der Waals surface area contributed by atoms with Crippen molar-refractivity contribution in [3.63, 3.8) is 0 Å². The van der Waals surface area contributed by atoms with Crippen LogP contribution in [0.1, 0.15) is 71.4 Å². The van der Waals surface area contributed by atoms with Crippen molar-refractivity contribution in [2.24, 2.45) is 0 Å². The van der Waals surface area contributed by atoms with E-state index in [9.17, 15) is 9.59 Å². The fourth-order valence-corrected chi connectivity index (χ4v) is 4.40. The van der Waals surface area contributed by atoms with E-state index in [-0.39, 0.29) is 11.6 Å². The standard InChI is InChI=1S/C39H41NO4/c1-4-6-28-43-36-22-14-32(15-23-36)38(41)26-12-30-8-18-34(19-9-30)40(3)35-20-10-31(11-21-35)13-27-39(42)33-16-24-37(25-17-33)44-29-7-5-2/h8-27H,4-7,28-29H2,1-3H3. The molecule has 4 aromatic rings. The maximum absolute atomic E-state index is 12.6. The summed E-state index contributed by atoms with van der Waals surface area (Å²) >= 11 is 0. The molecule has 0 saturated carbocycles. The first kappa shape index (κ1) is 32.0. The highest BCUT2D eigenvalue weighted by Gasteiger charge is 2.06. The number of anilines is 2. The Morgan fingerprint density at radius 2 is 0.932 bits per heavy atom. The van der Waals surface area contributed by atoms with Gasteiger partial charge < -0.3 is 14.4 Å². The van der Waals surface area contributed by atoms with Gasteiger partial charge in [-0.2, -0.15) is 0 Å². The maximum atomic E-state index is 12.6. The molecular formula is C39H41NO4. The molecule has 0 aliphatic heterocycles. The molecule has 0 heterocycles. The maximum Gasteiger partial charge on any atom is 0.185 e. The summed E-state index contributed by atoms with van der Waals surface area (Å²) in [5, 5.41) is 0. The van der Waals surface area contributed by atoms with Crippen LogP contribution < -0.4 is 14.4 Å². The zero-order chi connectivity index (χ0) is 31.1. The van der Waals surface area contributed by atoms with Gasteiger partial charge in [-0.05, 0) is 109 Å². The summed E-state index contributed by atoms with van der Waals surface area (Å²) in [5.74, 6) is 1.47. The van der Waals surface area contributed by atoms with Crippen LogP contribution in [-0.4, -0.2) is 31.8 Å². The number of hydrogen-bond donors (Lipinski definition) is 0. The Labute approximate surface area is 261 Å². The van der Waals surface area contributed by atoms with Gasteiger partial charge in [0.1, 0.15) is 11.5 Å². The van der Waals surface area contributed by atoms with E-state index >= 15 is 0 Å². The number of benzene rings is 4. The lowest BCUT2D eigenvalue weighted by Gasteiger charge is -2.19. The number of allylic oxidation sites excluding steroid dienone is 2. The average molecular weight is 588 g/mol. The Hall–Kier alpha value is -4.90. The number of ketones is 2. The SMILES string of the molecule is CCCCOc1ccc(C(=O)C=Cc2ccc(N(C)c3ccc(C=CC(=O)c4ccc(OCCCC)cc4)cc3)cc2)cc1. The second-order valence-electron chi connectivity index (χ2n) is 10.6. The second kappa shape index (κ2) is 16.7. The summed E-state index contributed by atoms with van der Waals surface area (Å²) in [6, 6.07) is 30.6. The van der Waals surface area contributed by atoms with Crippen molar-refractivity contribution < 1.29 is 19.1 Å². The smallest absolute Gasteiger partial charge is 0.185 e. The molecule has 5 heteroatoms. The zero-order valence-corrected chi connectivity index (χ0v) is 25.9. The van der Waals surface area contributed by atoms with Crippen LogP contribution in [0.2, 0.25) is 0 Å². The number of carbonyl (C=O) groups is 2. The minimum atomic E-state index is -0.0487. The van der Waals surface area contributed by atoms with Crippen molar-refractivity contribution >= 4 is 35.1 Å². The van der Waals surface area contributed by atoms with Crippen molar-refractivity contribution in [2.75, 3.05) is 25.2 Å². The predicted molar refractivity (Wildman–Crippen MR) is 181 cm³/mol. The fourth-order valence-electron chi connectivity index (χ4n) is 4.40. The van der Waals surface area contributed by atoms with Crippen LogP contribution in [0.4, 0.5) is 11.4 Å². The van der Waals surface area contributed by atoms with Gasteiger partial charge in [0, 0.05) is 29.5 Å². The molecule has 4 rings (SSSR count). The van der Waals surface area contributed by atoms with E-state index in [0.717, 1.165) is 59.7 Å². The van der Waals surface area contributed by atoms with Gasteiger partial charge in [0.2, 0.25) is 0 Å². The Morgan fingerprint density at radius 3 is 1.27 bits per heavy atom. The van der Waals surface area contributed by atoms with E-state index in [1.54, 1.807) is 36.4 Å². The molecule has 0 radical (unpaired) electrons. The van der Waals surface area contributed by atoms with E-state index < -0.39 is 0 Å². The molecule has 0 aromatic heterocycles. The van der Waals surface area contributed by atoms with Gasteiger partial charge in [-0.3, -0.25) is 9.59 Å². The van der Waals surface area contributed by atoms with Crippen LogP contribution in [0.3, 0.4) is 0 Å². The second-order valence-corrected chi connectivity index (χ2v) is 10.6. The lowest BCUT2D eigenvalue weighted by Crippen LogP contribution is -2.09. The molecule has 0 amide bonds. The van der Waals surface area contributed by atoms with E-state index in [4.69, 9.17) is 9.47 Å². The number of rotatable bonds is 16. The normalized spacial score (nSPS) is 11.2. The third-order valence-corrected chi connectivity index (χ3v) is 7.23. The van der Waals surface area contributed by atoms with Gasteiger partial charge >= 0.3 is 0 Å². The minimum Gasteiger partial charge on any atom is -0.494 e. The first-order valence-electron chi connectivity index (χ1n) is 15.3. The van der Waals surface area contributed by atoms with Crippen LogP contribution in [0.15, 0.2) is 109 Å². The van der Waals surface area contributed by atoms with E-state index in [1.807, 2.05) is 92.0 Å². The molecule has 0 unspecified atom stereocenters. The monoisotopic (exact) mass is 587 g/mol. The van der Waals surface area contributed by atoms with Gasteiger partial charge in [0.25, 0.3) is 0 Å². The summed E-state index contributed by atoms with van der Waals surface area (Å²) < 4.78 is 11.4. The summed E-state index contributed by atoms with van der Waals surface area (Å²) in [6.45, 7) is 5.62. The Bertz CT molecular complexity index is 1420. The molecule has 0 bridgehead atoms. The summed E-state index contributed by atoms with van der Waals surface area (Å²) in [6.07, 6.45) is 11.0. The van der Waals surface area contributed by atoms with Gasteiger partial charge in [-0.15, -0.1) is 0 Å². The summed E-state index contributed by atoms with van der Waals surface area (Å²) in [7, 11) is 2.01. The molecule has 0 atom stereocenters. The minimum absolute atomic E-state index is 0.0487. The van der Waals surface area contributed by atoms with Crippen molar-refractivity contribution in [2.45, 2.75) is 39.5 Å². The first-order chi connectivity index (χ1) is 21.5. The van der Waals surface area contributed by atoms with Gasteiger partial charge in [-0.1, -0.05) is 63.1 Å². The predicted octanol–water partition coefficient (Wildman–Crippen LogP) is 9.60. The Morgan fingerprint density at radius 1 is 0.568 bits per heavy atom. The molecule has 0 aliphatic rings. The molecule has 0 fully saturated rings. The van der Waals surface area contributed by atoms with E-state index in [0.29, 0.717) is 24.3 Å². The van der Waals surface area contributed by atoms with Gasteiger partial charge in [0.05, 0.1) is 13.2 Å². The molecule has 5 nitrogen and oxygen atoms in total.